The zero-order valence-electron chi connectivity index (χ0n) is 18.4. The quantitative estimate of drug-likeness (QED) is 0.528. The number of fused-ring (bicyclic) bond motifs is 1. The summed E-state index contributed by atoms with van der Waals surface area (Å²) in [5, 5.41) is 0. The molecule has 0 heterocycles. The van der Waals surface area contributed by atoms with E-state index in [0.29, 0.717) is 18.6 Å². The normalized spacial score (nSPS) is 16.5. The molecule has 2 aromatic carbocycles. The lowest BCUT2D eigenvalue weighted by molar-refractivity contribution is -0.123. The molecule has 0 amide bonds. The monoisotopic (exact) mass is 400 g/mol. The van der Waals surface area contributed by atoms with Gasteiger partial charge < -0.3 is 0 Å². The van der Waals surface area contributed by atoms with Crippen molar-refractivity contribution in [1.82, 2.24) is 0 Å². The number of rotatable bonds is 6. The summed E-state index contributed by atoms with van der Waals surface area (Å²) in [4.78, 5) is 25.3. The minimum Gasteiger partial charge on any atom is -0.299 e. The van der Waals surface area contributed by atoms with Crippen LogP contribution in [0.15, 0.2) is 36.9 Å². The smallest absolute Gasteiger partial charge is 0.163 e. The predicted molar refractivity (Wildman–Crippen MR) is 124 cm³/mol. The Morgan fingerprint density at radius 1 is 1.03 bits per heavy atom. The summed E-state index contributed by atoms with van der Waals surface area (Å²) in [6, 6.07) is 10.6. The van der Waals surface area contributed by atoms with Crippen LogP contribution in [0.5, 0.6) is 0 Å². The van der Waals surface area contributed by atoms with E-state index in [1.54, 1.807) is 0 Å². The fourth-order valence-corrected chi connectivity index (χ4v) is 5.18. The number of aryl methyl sites for hydroxylation is 2. The number of hydrogen-bond acceptors (Lipinski definition) is 2. The number of benzene rings is 2. The van der Waals surface area contributed by atoms with Crippen LogP contribution in [0.2, 0.25) is 0 Å². The molecule has 156 valence electrons. The Labute approximate surface area is 180 Å². The third-order valence-electron chi connectivity index (χ3n) is 7.00. The molecule has 0 N–H and O–H groups in total. The van der Waals surface area contributed by atoms with Gasteiger partial charge in [0.2, 0.25) is 0 Å². The molecule has 2 heteroatoms. The lowest BCUT2D eigenvalue weighted by atomic mass is 9.82. The van der Waals surface area contributed by atoms with Gasteiger partial charge in [-0.3, -0.25) is 9.59 Å². The highest BCUT2D eigenvalue weighted by Crippen LogP contribution is 2.39. The summed E-state index contributed by atoms with van der Waals surface area (Å²) in [5.41, 5.74) is 8.98. The van der Waals surface area contributed by atoms with Gasteiger partial charge in [0.05, 0.1) is 0 Å². The molecule has 1 fully saturated rings. The molecule has 2 aromatic rings. The number of Topliss-reactive ketones (excluding diaryl/α,β-unsaturated/α-hetero) is 2. The van der Waals surface area contributed by atoms with Crippen molar-refractivity contribution in [3.05, 3.63) is 64.7 Å². The zero-order chi connectivity index (χ0) is 21.3. The fourth-order valence-electron chi connectivity index (χ4n) is 5.18. The van der Waals surface area contributed by atoms with E-state index in [0.717, 1.165) is 42.4 Å². The first-order valence-electron chi connectivity index (χ1n) is 11.4. The van der Waals surface area contributed by atoms with E-state index in [1.165, 1.54) is 47.1 Å². The molecule has 30 heavy (non-hydrogen) atoms. The fraction of sp³-hybridized carbons (Fsp3) is 0.429. The highest BCUT2D eigenvalue weighted by Gasteiger charge is 2.26. The zero-order valence-corrected chi connectivity index (χ0v) is 18.4. The van der Waals surface area contributed by atoms with Gasteiger partial charge in [-0.05, 0) is 79.0 Å². The van der Waals surface area contributed by atoms with Gasteiger partial charge in [-0.2, -0.15) is 0 Å². The maximum Gasteiger partial charge on any atom is 0.163 e. The van der Waals surface area contributed by atoms with E-state index in [4.69, 9.17) is 0 Å². The Bertz CT molecular complexity index is 1010. The second-order valence-electron chi connectivity index (χ2n) is 9.16. The predicted octanol–water partition coefficient (Wildman–Crippen LogP) is 6.91. The standard InChI is InChI=1S/C28H32O2/c1-18(2)22-10-9-19(3)25(17-22)28-21(11-13-23-24(28)14-16-27(23)30)12-15-26(29)20-7-5-4-6-8-20/h9-11,13,17,20H,1,4-8,12,14-16H2,2-3H3. The van der Waals surface area contributed by atoms with E-state index >= 15 is 0 Å². The molecule has 2 aliphatic rings. The Kier molecular flexibility index (Phi) is 6.04. The van der Waals surface area contributed by atoms with Gasteiger partial charge in [-0.25, -0.2) is 0 Å². The summed E-state index contributed by atoms with van der Waals surface area (Å²) < 4.78 is 0. The van der Waals surface area contributed by atoms with Crippen LogP contribution in [-0.2, 0) is 17.6 Å². The van der Waals surface area contributed by atoms with Crippen molar-refractivity contribution in [2.24, 2.45) is 5.92 Å². The van der Waals surface area contributed by atoms with Gasteiger partial charge in [0.15, 0.2) is 5.78 Å². The summed E-state index contributed by atoms with van der Waals surface area (Å²) in [7, 11) is 0. The van der Waals surface area contributed by atoms with Crippen LogP contribution in [0.25, 0.3) is 16.7 Å². The summed E-state index contributed by atoms with van der Waals surface area (Å²) in [5.74, 6) is 0.918. The highest BCUT2D eigenvalue weighted by atomic mass is 16.1. The molecular weight excluding hydrogens is 368 g/mol. The number of allylic oxidation sites excluding steroid dienone is 1. The third-order valence-corrected chi connectivity index (χ3v) is 7.00. The van der Waals surface area contributed by atoms with Crippen molar-refractivity contribution >= 4 is 17.1 Å². The first-order chi connectivity index (χ1) is 14.5. The van der Waals surface area contributed by atoms with Crippen molar-refractivity contribution in [3.63, 3.8) is 0 Å². The van der Waals surface area contributed by atoms with Gasteiger partial charge in [-0.1, -0.05) is 55.7 Å². The Morgan fingerprint density at radius 2 is 1.80 bits per heavy atom. The van der Waals surface area contributed by atoms with E-state index in [1.807, 2.05) is 13.0 Å². The van der Waals surface area contributed by atoms with E-state index < -0.39 is 0 Å². The number of ketones is 2. The first kappa shape index (κ1) is 20.8. The van der Waals surface area contributed by atoms with E-state index in [2.05, 4.69) is 37.8 Å². The molecule has 0 atom stereocenters. The van der Waals surface area contributed by atoms with Crippen LogP contribution in [0.4, 0.5) is 0 Å². The molecule has 0 spiro atoms. The molecule has 0 aromatic heterocycles. The SMILES string of the molecule is C=C(C)c1ccc(C)c(-c2c(CCC(=O)C3CCCCC3)ccc3c2CCC3=O)c1. The van der Waals surface area contributed by atoms with Crippen molar-refractivity contribution in [2.45, 2.75) is 71.6 Å². The minimum absolute atomic E-state index is 0.241. The number of carbonyl (C=O) groups is 2. The van der Waals surface area contributed by atoms with Crippen molar-refractivity contribution in [2.75, 3.05) is 0 Å². The molecule has 4 rings (SSSR count). The molecule has 0 bridgehead atoms. The van der Waals surface area contributed by atoms with Gasteiger partial charge in [0.25, 0.3) is 0 Å². The van der Waals surface area contributed by atoms with Crippen LogP contribution in [-0.4, -0.2) is 11.6 Å². The summed E-state index contributed by atoms with van der Waals surface area (Å²) >= 11 is 0. The molecular formula is C28H32O2. The average molecular weight is 401 g/mol. The topological polar surface area (TPSA) is 34.1 Å². The summed E-state index contributed by atoms with van der Waals surface area (Å²) in [6.45, 7) is 8.26. The van der Waals surface area contributed by atoms with E-state index in [9.17, 15) is 9.59 Å². The molecule has 0 unspecified atom stereocenters. The van der Waals surface area contributed by atoms with Crippen molar-refractivity contribution in [1.29, 1.82) is 0 Å². The number of hydrogen-bond donors (Lipinski definition) is 0. The van der Waals surface area contributed by atoms with Crippen LogP contribution >= 0.6 is 0 Å². The maximum atomic E-state index is 12.8. The summed E-state index contributed by atoms with van der Waals surface area (Å²) in [6.07, 6.45) is 8.51. The second-order valence-corrected chi connectivity index (χ2v) is 9.16. The van der Waals surface area contributed by atoms with Gasteiger partial charge >= 0.3 is 0 Å². The van der Waals surface area contributed by atoms with Crippen molar-refractivity contribution < 1.29 is 9.59 Å². The highest BCUT2D eigenvalue weighted by molar-refractivity contribution is 6.03. The lowest BCUT2D eigenvalue weighted by Gasteiger charge is -2.21. The first-order valence-corrected chi connectivity index (χ1v) is 11.4. The van der Waals surface area contributed by atoms with Crippen LogP contribution < -0.4 is 0 Å². The van der Waals surface area contributed by atoms with Crippen LogP contribution in [0.3, 0.4) is 0 Å². The Balaban J connectivity index is 1.72. The average Bonchev–Trinajstić information content (AvgIpc) is 3.13. The molecule has 2 nitrogen and oxygen atoms in total. The minimum atomic E-state index is 0.241. The third kappa shape index (κ3) is 4.05. The molecule has 1 saturated carbocycles. The van der Waals surface area contributed by atoms with Gasteiger partial charge in [-0.15, -0.1) is 0 Å². The van der Waals surface area contributed by atoms with Crippen molar-refractivity contribution in [3.8, 4) is 11.1 Å². The molecule has 0 saturated heterocycles. The second kappa shape index (κ2) is 8.71. The lowest BCUT2D eigenvalue weighted by Crippen LogP contribution is -2.18. The maximum absolute atomic E-state index is 12.8. The Morgan fingerprint density at radius 3 is 2.53 bits per heavy atom. The van der Waals surface area contributed by atoms with Gasteiger partial charge in [0.1, 0.15) is 5.78 Å². The van der Waals surface area contributed by atoms with E-state index in [-0.39, 0.29) is 11.7 Å². The van der Waals surface area contributed by atoms with Crippen LogP contribution in [0.1, 0.15) is 84.5 Å². The van der Waals surface area contributed by atoms with Crippen LogP contribution in [0, 0.1) is 12.8 Å². The Hall–Kier alpha value is -2.48. The molecule has 2 aliphatic carbocycles. The molecule has 0 aliphatic heterocycles. The van der Waals surface area contributed by atoms with Gasteiger partial charge in [0, 0.05) is 24.3 Å². The molecule has 0 radical (unpaired) electrons. The largest absolute Gasteiger partial charge is 0.299 e. The number of carbonyl (C=O) groups excluding carboxylic acids is 2.